The van der Waals surface area contributed by atoms with Crippen LogP contribution in [0.3, 0.4) is 0 Å². The number of hydrogen-bond donors (Lipinski definition) is 4. The summed E-state index contributed by atoms with van der Waals surface area (Å²) in [5, 5.41) is 10.3. The Morgan fingerprint density at radius 3 is 2.59 bits per heavy atom. The van der Waals surface area contributed by atoms with E-state index in [1.807, 2.05) is 36.4 Å². The van der Waals surface area contributed by atoms with Crippen molar-refractivity contribution in [1.29, 1.82) is 0 Å². The molecule has 0 aliphatic carbocycles. The second-order valence-electron chi connectivity index (χ2n) is 7.85. The number of carbonyl (C=O) groups excluding carboxylic acids is 2. The molecule has 0 radical (unpaired) electrons. The predicted octanol–water partition coefficient (Wildman–Crippen LogP) is 3.74. The van der Waals surface area contributed by atoms with E-state index in [9.17, 15) is 14.4 Å². The Labute approximate surface area is 194 Å². The molecule has 5 rings (SSSR count). The number of aromatic amines is 1. The summed E-state index contributed by atoms with van der Waals surface area (Å²) >= 11 is 0. The van der Waals surface area contributed by atoms with Crippen LogP contribution in [0.2, 0.25) is 0 Å². The van der Waals surface area contributed by atoms with Crippen LogP contribution < -0.4 is 26.2 Å². The van der Waals surface area contributed by atoms with Crippen molar-refractivity contribution in [2.45, 2.75) is 12.3 Å². The van der Waals surface area contributed by atoms with Gasteiger partial charge in [0.05, 0.1) is 18.6 Å². The summed E-state index contributed by atoms with van der Waals surface area (Å²) in [7, 11) is 1.57. The van der Waals surface area contributed by atoms with Crippen molar-refractivity contribution in [2.24, 2.45) is 0 Å². The van der Waals surface area contributed by atoms with Gasteiger partial charge in [-0.3, -0.25) is 19.4 Å². The molecule has 0 fully saturated rings. The molecule has 3 aromatic carbocycles. The number of ether oxygens (including phenoxy) is 1. The number of aromatic nitrogens is 2. The quantitative estimate of drug-likeness (QED) is 0.363. The summed E-state index contributed by atoms with van der Waals surface area (Å²) in [5.41, 5.74) is 0.894. The standard InChI is InChI=1S/C25H21N5O4/c1-34-16-11-9-15(10-12-16)26-25-29-22-21(24(33)30-25)18(13-20(31)28-22)23(32)27-19-8-4-6-14-5-2-3-7-17(14)19/h2-12,18H,13H2,1H3,(H,27,32)(H3,26,28,29,30,31,33)/t18-/m0/s1. The van der Waals surface area contributed by atoms with E-state index in [2.05, 4.69) is 25.9 Å². The Morgan fingerprint density at radius 1 is 1.03 bits per heavy atom. The lowest BCUT2D eigenvalue weighted by Gasteiger charge is -2.24. The first-order chi connectivity index (χ1) is 16.5. The van der Waals surface area contributed by atoms with Crippen LogP contribution in [0.4, 0.5) is 23.1 Å². The Hall–Kier alpha value is -4.66. The zero-order chi connectivity index (χ0) is 23.7. The molecule has 1 atom stereocenters. The van der Waals surface area contributed by atoms with Crippen molar-refractivity contribution in [3.05, 3.63) is 82.6 Å². The molecule has 0 saturated carbocycles. The maximum Gasteiger partial charge on any atom is 0.258 e. The summed E-state index contributed by atoms with van der Waals surface area (Å²) in [5.74, 6) is -0.924. The lowest BCUT2D eigenvalue weighted by atomic mass is 9.92. The largest absolute Gasteiger partial charge is 0.497 e. The maximum absolute atomic E-state index is 13.2. The molecule has 1 aromatic heterocycles. The number of amides is 2. The van der Waals surface area contributed by atoms with E-state index >= 15 is 0 Å². The molecule has 4 aromatic rings. The van der Waals surface area contributed by atoms with Gasteiger partial charge in [0.25, 0.3) is 5.56 Å². The van der Waals surface area contributed by atoms with Crippen molar-refractivity contribution < 1.29 is 14.3 Å². The first-order valence-corrected chi connectivity index (χ1v) is 10.7. The van der Waals surface area contributed by atoms with Gasteiger partial charge in [-0.2, -0.15) is 4.98 Å². The molecule has 170 valence electrons. The van der Waals surface area contributed by atoms with Gasteiger partial charge in [0, 0.05) is 23.2 Å². The summed E-state index contributed by atoms with van der Waals surface area (Å²) < 4.78 is 5.14. The van der Waals surface area contributed by atoms with Gasteiger partial charge in [-0.25, -0.2) is 0 Å². The lowest BCUT2D eigenvalue weighted by Crippen LogP contribution is -2.36. The Kier molecular flexibility index (Phi) is 5.43. The fourth-order valence-corrected chi connectivity index (χ4v) is 4.02. The smallest absolute Gasteiger partial charge is 0.258 e. The molecule has 0 saturated heterocycles. The maximum atomic E-state index is 13.2. The molecule has 4 N–H and O–H groups in total. The van der Waals surface area contributed by atoms with Gasteiger partial charge in [0.1, 0.15) is 11.6 Å². The molecule has 1 aliphatic rings. The second-order valence-corrected chi connectivity index (χ2v) is 7.85. The number of methoxy groups -OCH3 is 1. The summed E-state index contributed by atoms with van der Waals surface area (Å²) in [6.45, 7) is 0. The highest BCUT2D eigenvalue weighted by Gasteiger charge is 2.35. The van der Waals surface area contributed by atoms with E-state index in [0.29, 0.717) is 17.1 Å². The SMILES string of the molecule is COc1ccc(Nc2nc3c(c(=O)[nH]2)[C@@H](C(=O)Nc2cccc4ccccc24)CC(=O)N3)cc1. The molecule has 2 amide bonds. The third kappa shape index (κ3) is 4.06. The average Bonchev–Trinajstić information content (AvgIpc) is 2.84. The number of fused-ring (bicyclic) bond motifs is 2. The van der Waals surface area contributed by atoms with Crippen molar-refractivity contribution in [3.8, 4) is 5.75 Å². The third-order valence-electron chi connectivity index (χ3n) is 5.67. The molecule has 0 spiro atoms. The van der Waals surface area contributed by atoms with Crippen LogP contribution in [0.1, 0.15) is 17.9 Å². The molecule has 0 bridgehead atoms. The van der Waals surface area contributed by atoms with E-state index in [1.165, 1.54) is 0 Å². The molecule has 9 heteroatoms. The highest BCUT2D eigenvalue weighted by Crippen LogP contribution is 2.31. The molecule has 2 heterocycles. The number of benzene rings is 3. The van der Waals surface area contributed by atoms with Gasteiger partial charge in [-0.05, 0) is 35.7 Å². The van der Waals surface area contributed by atoms with Gasteiger partial charge >= 0.3 is 0 Å². The zero-order valence-corrected chi connectivity index (χ0v) is 18.2. The summed E-state index contributed by atoms with van der Waals surface area (Å²) in [6.07, 6.45) is -0.153. The van der Waals surface area contributed by atoms with Crippen molar-refractivity contribution in [1.82, 2.24) is 9.97 Å². The van der Waals surface area contributed by atoms with Gasteiger partial charge in [0.15, 0.2) is 0 Å². The fourth-order valence-electron chi connectivity index (χ4n) is 4.02. The molecule has 34 heavy (non-hydrogen) atoms. The number of nitrogens with zero attached hydrogens (tertiary/aromatic N) is 1. The van der Waals surface area contributed by atoms with Crippen LogP contribution in [0.15, 0.2) is 71.5 Å². The number of H-pyrrole nitrogens is 1. The second kappa shape index (κ2) is 8.70. The minimum absolute atomic E-state index is 0.0640. The number of nitrogens with one attached hydrogen (secondary N) is 4. The van der Waals surface area contributed by atoms with Crippen molar-refractivity contribution >= 4 is 45.7 Å². The topological polar surface area (TPSA) is 125 Å². The van der Waals surface area contributed by atoms with Crippen LogP contribution >= 0.6 is 0 Å². The summed E-state index contributed by atoms with van der Waals surface area (Å²) in [4.78, 5) is 45.6. The van der Waals surface area contributed by atoms with E-state index in [0.717, 1.165) is 10.8 Å². The molecular formula is C25H21N5O4. The third-order valence-corrected chi connectivity index (χ3v) is 5.67. The summed E-state index contributed by atoms with van der Waals surface area (Å²) in [6, 6.07) is 20.3. The lowest BCUT2D eigenvalue weighted by molar-refractivity contribution is -0.123. The highest BCUT2D eigenvalue weighted by atomic mass is 16.5. The first kappa shape index (κ1) is 21.2. The van der Waals surface area contributed by atoms with Crippen LogP contribution in [0.5, 0.6) is 5.75 Å². The van der Waals surface area contributed by atoms with Crippen LogP contribution in [0.25, 0.3) is 10.8 Å². The first-order valence-electron chi connectivity index (χ1n) is 10.7. The van der Waals surface area contributed by atoms with Gasteiger partial charge in [0.2, 0.25) is 17.8 Å². The number of anilines is 4. The van der Waals surface area contributed by atoms with Crippen LogP contribution in [0, 0.1) is 0 Å². The van der Waals surface area contributed by atoms with Crippen LogP contribution in [-0.4, -0.2) is 28.9 Å². The van der Waals surface area contributed by atoms with Gasteiger partial charge < -0.3 is 20.7 Å². The molecule has 1 aliphatic heterocycles. The zero-order valence-electron chi connectivity index (χ0n) is 18.2. The Balaban J connectivity index is 1.44. The minimum atomic E-state index is -0.978. The number of hydrogen-bond acceptors (Lipinski definition) is 6. The van der Waals surface area contributed by atoms with Gasteiger partial charge in [-0.15, -0.1) is 0 Å². The predicted molar refractivity (Wildman–Crippen MR) is 130 cm³/mol. The van der Waals surface area contributed by atoms with Crippen molar-refractivity contribution in [2.75, 3.05) is 23.1 Å². The number of carbonyl (C=O) groups is 2. The molecule has 9 nitrogen and oxygen atoms in total. The van der Waals surface area contributed by atoms with E-state index < -0.39 is 17.4 Å². The van der Waals surface area contributed by atoms with E-state index in [4.69, 9.17) is 4.74 Å². The average molecular weight is 455 g/mol. The fraction of sp³-hybridized carbons (Fsp3) is 0.120. The Bertz CT molecular complexity index is 1460. The molecular weight excluding hydrogens is 434 g/mol. The minimum Gasteiger partial charge on any atom is -0.497 e. The van der Waals surface area contributed by atoms with Crippen molar-refractivity contribution in [3.63, 3.8) is 0 Å². The normalized spacial score (nSPS) is 14.7. The Morgan fingerprint density at radius 2 is 1.79 bits per heavy atom. The van der Waals surface area contributed by atoms with Gasteiger partial charge in [-0.1, -0.05) is 36.4 Å². The highest BCUT2D eigenvalue weighted by molar-refractivity contribution is 6.08. The van der Waals surface area contributed by atoms with E-state index in [1.54, 1.807) is 37.4 Å². The van der Waals surface area contributed by atoms with E-state index in [-0.39, 0.29) is 29.7 Å². The van der Waals surface area contributed by atoms with Crippen LogP contribution in [-0.2, 0) is 9.59 Å². The number of rotatable bonds is 5. The molecule has 0 unspecified atom stereocenters. The monoisotopic (exact) mass is 455 g/mol.